The number of nitrogens with zero attached hydrogens (tertiary/aromatic N) is 2. The lowest BCUT2D eigenvalue weighted by Crippen LogP contribution is -2.38. The Labute approximate surface area is 190 Å². The number of rotatable bonds is 8. The lowest BCUT2D eigenvalue weighted by Gasteiger charge is -2.29. The Hall–Kier alpha value is -2.58. The highest BCUT2D eigenvalue weighted by Crippen LogP contribution is 2.34. The molecule has 172 valence electrons. The summed E-state index contributed by atoms with van der Waals surface area (Å²) in [6.07, 6.45) is 4.08. The summed E-state index contributed by atoms with van der Waals surface area (Å²) in [7, 11) is -3.64. The molecule has 1 amide bonds. The van der Waals surface area contributed by atoms with Crippen molar-refractivity contribution in [3.63, 3.8) is 0 Å². The van der Waals surface area contributed by atoms with Gasteiger partial charge < -0.3 is 14.4 Å². The number of fused-ring (bicyclic) bond motifs is 1. The van der Waals surface area contributed by atoms with Crippen LogP contribution in [0.25, 0.3) is 0 Å². The Morgan fingerprint density at radius 1 is 1.00 bits per heavy atom. The number of carbonyl (C=O) groups excluding carboxylic acids is 1. The molecule has 0 unspecified atom stereocenters. The van der Waals surface area contributed by atoms with Gasteiger partial charge in [-0.25, -0.2) is 8.42 Å². The normalized spacial score (nSPS) is 16.0. The Morgan fingerprint density at radius 2 is 1.72 bits per heavy atom. The maximum atomic E-state index is 13.6. The van der Waals surface area contributed by atoms with E-state index in [4.69, 9.17) is 9.47 Å². The van der Waals surface area contributed by atoms with Gasteiger partial charge in [0.2, 0.25) is 16.8 Å². The fraction of sp³-hybridized carbons (Fsp3) is 0.458. The van der Waals surface area contributed by atoms with Crippen LogP contribution in [0, 0.1) is 0 Å². The van der Waals surface area contributed by atoms with Crippen LogP contribution in [0.15, 0.2) is 47.4 Å². The predicted octanol–water partition coefficient (Wildman–Crippen LogP) is 4.03. The number of carbonyl (C=O) groups is 1. The van der Waals surface area contributed by atoms with Crippen molar-refractivity contribution in [1.29, 1.82) is 0 Å². The van der Waals surface area contributed by atoms with E-state index in [9.17, 15) is 13.2 Å². The molecule has 0 N–H and O–H groups in total. The molecule has 2 aliphatic rings. The molecule has 7 nitrogen and oxygen atoms in total. The van der Waals surface area contributed by atoms with Gasteiger partial charge in [-0.3, -0.25) is 4.79 Å². The van der Waals surface area contributed by atoms with Gasteiger partial charge >= 0.3 is 0 Å². The van der Waals surface area contributed by atoms with Crippen LogP contribution in [-0.2, 0) is 16.6 Å². The summed E-state index contributed by atoms with van der Waals surface area (Å²) in [4.78, 5) is 15.7. The van der Waals surface area contributed by atoms with E-state index in [1.807, 2.05) is 36.9 Å². The summed E-state index contributed by atoms with van der Waals surface area (Å²) in [5.41, 5.74) is 1.35. The first kappa shape index (κ1) is 22.6. The van der Waals surface area contributed by atoms with E-state index < -0.39 is 10.0 Å². The molecule has 32 heavy (non-hydrogen) atoms. The van der Waals surface area contributed by atoms with Gasteiger partial charge in [0.05, 0.1) is 4.90 Å². The summed E-state index contributed by atoms with van der Waals surface area (Å²) >= 11 is 0. The third-order valence-electron chi connectivity index (χ3n) is 6.24. The number of sulfonamides is 1. The second kappa shape index (κ2) is 9.50. The van der Waals surface area contributed by atoms with Crippen molar-refractivity contribution >= 4 is 15.9 Å². The molecular formula is C24H30N2O5S. The smallest absolute Gasteiger partial charge is 0.254 e. The zero-order valence-electron chi connectivity index (χ0n) is 18.6. The maximum absolute atomic E-state index is 13.6. The number of benzene rings is 2. The Bertz CT molecular complexity index is 1080. The quantitative estimate of drug-likeness (QED) is 0.597. The molecule has 1 fully saturated rings. The van der Waals surface area contributed by atoms with E-state index in [0.29, 0.717) is 36.7 Å². The van der Waals surface area contributed by atoms with Gasteiger partial charge in [0, 0.05) is 31.2 Å². The van der Waals surface area contributed by atoms with Crippen molar-refractivity contribution in [2.75, 3.05) is 19.9 Å². The first-order valence-electron chi connectivity index (χ1n) is 11.2. The second-order valence-electron chi connectivity index (χ2n) is 8.18. The van der Waals surface area contributed by atoms with Crippen LogP contribution in [0.5, 0.6) is 11.5 Å². The summed E-state index contributed by atoms with van der Waals surface area (Å²) in [5.74, 6) is 1.25. The molecule has 8 heteroatoms. The van der Waals surface area contributed by atoms with Crippen LogP contribution in [-0.4, -0.2) is 49.5 Å². The van der Waals surface area contributed by atoms with Crippen LogP contribution in [0.4, 0.5) is 0 Å². The van der Waals surface area contributed by atoms with Crippen LogP contribution in [0.2, 0.25) is 0 Å². The molecule has 1 aliphatic heterocycles. The maximum Gasteiger partial charge on any atom is 0.254 e. The van der Waals surface area contributed by atoms with Crippen molar-refractivity contribution in [3.05, 3.63) is 53.6 Å². The minimum Gasteiger partial charge on any atom is -0.454 e. The van der Waals surface area contributed by atoms with Gasteiger partial charge in [0.25, 0.3) is 5.91 Å². The number of hydrogen-bond donors (Lipinski definition) is 0. The second-order valence-corrected chi connectivity index (χ2v) is 10.1. The Morgan fingerprint density at radius 3 is 2.44 bits per heavy atom. The van der Waals surface area contributed by atoms with Crippen molar-refractivity contribution < 1.29 is 22.7 Å². The molecule has 2 aromatic rings. The highest BCUT2D eigenvalue weighted by Gasteiger charge is 2.29. The highest BCUT2D eigenvalue weighted by molar-refractivity contribution is 7.89. The van der Waals surface area contributed by atoms with Crippen molar-refractivity contribution in [3.8, 4) is 11.5 Å². The molecule has 4 rings (SSSR count). The average molecular weight is 459 g/mol. The monoisotopic (exact) mass is 458 g/mol. The van der Waals surface area contributed by atoms with E-state index in [0.717, 1.165) is 31.2 Å². The Kier molecular flexibility index (Phi) is 6.71. The number of hydrogen-bond acceptors (Lipinski definition) is 5. The minimum absolute atomic E-state index is 0.135. The average Bonchev–Trinajstić information content (AvgIpc) is 3.49. The van der Waals surface area contributed by atoms with Gasteiger partial charge in [-0.05, 0) is 48.7 Å². The van der Waals surface area contributed by atoms with Gasteiger partial charge in [0.1, 0.15) is 0 Å². The summed E-state index contributed by atoms with van der Waals surface area (Å²) < 4.78 is 38.2. The fourth-order valence-corrected chi connectivity index (χ4v) is 5.99. The first-order valence-corrected chi connectivity index (χ1v) is 12.7. The third kappa shape index (κ3) is 4.47. The molecule has 0 saturated heterocycles. The third-order valence-corrected chi connectivity index (χ3v) is 8.29. The zero-order valence-corrected chi connectivity index (χ0v) is 19.4. The predicted molar refractivity (Wildman–Crippen MR) is 121 cm³/mol. The molecule has 1 aliphatic carbocycles. The van der Waals surface area contributed by atoms with Crippen LogP contribution in [0.3, 0.4) is 0 Å². The summed E-state index contributed by atoms with van der Waals surface area (Å²) in [6.45, 7) is 5.03. The first-order chi connectivity index (χ1) is 15.4. The highest BCUT2D eigenvalue weighted by atomic mass is 32.2. The minimum atomic E-state index is -3.64. The molecule has 2 aromatic carbocycles. The Balaban J connectivity index is 1.63. The topological polar surface area (TPSA) is 76.2 Å². The number of amides is 1. The van der Waals surface area contributed by atoms with Crippen molar-refractivity contribution in [2.24, 2.45) is 0 Å². The fourth-order valence-electron chi connectivity index (χ4n) is 4.49. The van der Waals surface area contributed by atoms with E-state index in [2.05, 4.69) is 0 Å². The van der Waals surface area contributed by atoms with E-state index in [1.165, 1.54) is 10.4 Å². The van der Waals surface area contributed by atoms with E-state index >= 15 is 0 Å². The van der Waals surface area contributed by atoms with Gasteiger partial charge in [-0.2, -0.15) is 4.31 Å². The van der Waals surface area contributed by atoms with Crippen molar-refractivity contribution in [2.45, 2.75) is 57.0 Å². The molecule has 0 aromatic heterocycles. The molecule has 0 spiro atoms. The largest absolute Gasteiger partial charge is 0.454 e. The molecule has 0 bridgehead atoms. The van der Waals surface area contributed by atoms with Crippen LogP contribution in [0.1, 0.15) is 55.5 Å². The van der Waals surface area contributed by atoms with Crippen LogP contribution >= 0.6 is 0 Å². The molecular weight excluding hydrogens is 428 g/mol. The standard InChI is InChI=1S/C24H30N2O5S/c1-3-25(4-2)32(28,29)21-11-7-8-19(15-21)24(27)26(20-9-5-6-10-20)16-18-12-13-22-23(14-18)31-17-30-22/h7-8,11-15,20H,3-6,9-10,16-17H2,1-2H3. The lowest BCUT2D eigenvalue weighted by atomic mass is 10.1. The van der Waals surface area contributed by atoms with Gasteiger partial charge in [0.15, 0.2) is 11.5 Å². The summed E-state index contributed by atoms with van der Waals surface area (Å²) in [5, 5.41) is 0. The molecule has 1 saturated carbocycles. The number of ether oxygens (including phenoxy) is 2. The van der Waals surface area contributed by atoms with Crippen molar-refractivity contribution in [1.82, 2.24) is 9.21 Å². The molecule has 1 heterocycles. The van der Waals surface area contributed by atoms with Crippen LogP contribution < -0.4 is 9.47 Å². The SMILES string of the molecule is CCN(CC)S(=O)(=O)c1cccc(C(=O)N(Cc2ccc3c(c2)OCO3)C2CCCC2)c1. The van der Waals surface area contributed by atoms with E-state index in [1.54, 1.807) is 18.2 Å². The summed E-state index contributed by atoms with van der Waals surface area (Å²) in [6, 6.07) is 12.3. The molecule has 0 atom stereocenters. The van der Waals surface area contributed by atoms with Gasteiger partial charge in [-0.15, -0.1) is 0 Å². The van der Waals surface area contributed by atoms with E-state index in [-0.39, 0.29) is 23.6 Å². The zero-order chi connectivity index (χ0) is 22.7. The lowest BCUT2D eigenvalue weighted by molar-refractivity contribution is 0.0664. The molecule has 0 radical (unpaired) electrons. The van der Waals surface area contributed by atoms with Gasteiger partial charge in [-0.1, -0.05) is 38.8 Å².